The Morgan fingerprint density at radius 2 is 2.10 bits per heavy atom. The maximum Gasteiger partial charge on any atom is 0.286 e. The number of carbonyl (C=O) groups is 1. The van der Waals surface area contributed by atoms with Crippen molar-refractivity contribution < 1.29 is 13.9 Å². The van der Waals surface area contributed by atoms with Crippen LogP contribution in [0.1, 0.15) is 53.6 Å². The molecular formula is C22H25Cl2N3O3. The summed E-state index contributed by atoms with van der Waals surface area (Å²) in [6.45, 7) is 7.52. The standard InChI is InChI=1S/C22H25Cl2N3O3/c1-14(2)18-10-19(24)15(3)9-21(18)29-13-17-5-6-20(30-17)22(28)25-7-4-8-27-12-16(23)11-26-27/h5-6,9-12,14H,4,7-8,13H2,1-3H3,(H,25,28). The van der Waals surface area contributed by atoms with Crippen LogP contribution in [0.25, 0.3) is 0 Å². The number of benzene rings is 1. The third-order valence-corrected chi connectivity index (χ3v) is 5.22. The van der Waals surface area contributed by atoms with Crippen molar-refractivity contribution in [1.29, 1.82) is 0 Å². The third-order valence-electron chi connectivity index (χ3n) is 4.62. The monoisotopic (exact) mass is 449 g/mol. The molecule has 0 aliphatic heterocycles. The number of nitrogens with one attached hydrogen (secondary N) is 1. The van der Waals surface area contributed by atoms with Gasteiger partial charge in [0.2, 0.25) is 0 Å². The second-order valence-corrected chi connectivity index (χ2v) is 8.22. The van der Waals surface area contributed by atoms with Crippen LogP contribution in [0.3, 0.4) is 0 Å². The molecule has 30 heavy (non-hydrogen) atoms. The average molecular weight is 450 g/mol. The van der Waals surface area contributed by atoms with Gasteiger partial charge in [0.05, 0.1) is 11.2 Å². The lowest BCUT2D eigenvalue weighted by atomic mass is 10.0. The lowest BCUT2D eigenvalue weighted by Gasteiger charge is -2.15. The summed E-state index contributed by atoms with van der Waals surface area (Å²) in [6.07, 6.45) is 4.06. The van der Waals surface area contributed by atoms with Gasteiger partial charge in [0.1, 0.15) is 18.1 Å². The van der Waals surface area contributed by atoms with Gasteiger partial charge in [-0.15, -0.1) is 0 Å². The minimum absolute atomic E-state index is 0.230. The van der Waals surface area contributed by atoms with Crippen molar-refractivity contribution in [1.82, 2.24) is 15.1 Å². The third kappa shape index (κ3) is 5.80. The zero-order valence-electron chi connectivity index (χ0n) is 17.2. The Morgan fingerprint density at radius 1 is 1.30 bits per heavy atom. The van der Waals surface area contributed by atoms with Gasteiger partial charge in [-0.05, 0) is 54.7 Å². The van der Waals surface area contributed by atoms with Gasteiger partial charge < -0.3 is 14.5 Å². The van der Waals surface area contributed by atoms with Gasteiger partial charge in [-0.25, -0.2) is 0 Å². The SMILES string of the molecule is Cc1cc(OCc2ccc(C(=O)NCCCn3cc(Cl)cn3)o2)c(C(C)C)cc1Cl. The summed E-state index contributed by atoms with van der Waals surface area (Å²) < 4.78 is 13.3. The summed E-state index contributed by atoms with van der Waals surface area (Å²) in [5, 5.41) is 8.25. The minimum atomic E-state index is -0.259. The van der Waals surface area contributed by atoms with Crippen molar-refractivity contribution in [3.05, 3.63) is 69.4 Å². The maximum absolute atomic E-state index is 12.3. The van der Waals surface area contributed by atoms with Crippen molar-refractivity contribution in [3.63, 3.8) is 0 Å². The maximum atomic E-state index is 12.3. The molecule has 160 valence electrons. The molecule has 3 rings (SSSR count). The normalized spacial score (nSPS) is 11.1. The first-order chi connectivity index (χ1) is 14.3. The number of furan rings is 1. The Hall–Kier alpha value is -2.44. The van der Waals surface area contributed by atoms with Crippen LogP contribution in [0.15, 0.2) is 41.1 Å². The fourth-order valence-corrected chi connectivity index (χ4v) is 3.29. The number of halogens is 2. The van der Waals surface area contributed by atoms with E-state index in [4.69, 9.17) is 32.4 Å². The van der Waals surface area contributed by atoms with Gasteiger partial charge in [-0.3, -0.25) is 9.48 Å². The number of ether oxygens (including phenoxy) is 1. The predicted molar refractivity (Wildman–Crippen MR) is 118 cm³/mol. The summed E-state index contributed by atoms with van der Waals surface area (Å²) in [4.78, 5) is 12.3. The van der Waals surface area contributed by atoms with Crippen LogP contribution < -0.4 is 10.1 Å². The number of rotatable bonds is 9. The van der Waals surface area contributed by atoms with Gasteiger partial charge in [0.25, 0.3) is 5.91 Å². The molecule has 8 heteroatoms. The van der Waals surface area contributed by atoms with E-state index in [1.165, 1.54) is 0 Å². The first-order valence-corrected chi connectivity index (χ1v) is 10.6. The molecule has 1 amide bonds. The molecule has 0 saturated heterocycles. The van der Waals surface area contributed by atoms with Gasteiger partial charge in [-0.1, -0.05) is 37.0 Å². The van der Waals surface area contributed by atoms with E-state index in [9.17, 15) is 4.79 Å². The molecule has 6 nitrogen and oxygen atoms in total. The highest BCUT2D eigenvalue weighted by molar-refractivity contribution is 6.31. The number of nitrogens with zero attached hydrogens (tertiary/aromatic N) is 2. The number of carbonyl (C=O) groups excluding carboxylic acids is 1. The van der Waals surface area contributed by atoms with Gasteiger partial charge in [0, 0.05) is 24.3 Å². The van der Waals surface area contributed by atoms with Crippen molar-refractivity contribution >= 4 is 29.1 Å². The summed E-state index contributed by atoms with van der Waals surface area (Å²) in [7, 11) is 0. The number of aryl methyl sites for hydroxylation is 2. The number of amides is 1. The zero-order valence-corrected chi connectivity index (χ0v) is 18.8. The Labute approximate surface area is 186 Å². The molecule has 2 aromatic heterocycles. The molecule has 2 heterocycles. The molecule has 0 aliphatic carbocycles. The highest BCUT2D eigenvalue weighted by Crippen LogP contribution is 2.32. The topological polar surface area (TPSA) is 69.3 Å². The van der Waals surface area contributed by atoms with Crippen LogP contribution in [0.4, 0.5) is 0 Å². The fraction of sp³-hybridized carbons (Fsp3) is 0.364. The molecular weight excluding hydrogens is 425 g/mol. The first kappa shape index (κ1) is 22.2. The van der Waals surface area contributed by atoms with E-state index in [2.05, 4.69) is 24.3 Å². The number of hydrogen-bond donors (Lipinski definition) is 1. The van der Waals surface area contributed by atoms with Crippen molar-refractivity contribution in [2.45, 2.75) is 46.3 Å². The molecule has 0 fully saturated rings. The van der Waals surface area contributed by atoms with Gasteiger partial charge in [0.15, 0.2) is 5.76 Å². The molecule has 0 atom stereocenters. The molecule has 0 spiro atoms. The molecule has 1 aromatic carbocycles. The van der Waals surface area contributed by atoms with E-state index < -0.39 is 0 Å². The molecule has 0 unspecified atom stereocenters. The van der Waals surface area contributed by atoms with Crippen molar-refractivity contribution in [2.75, 3.05) is 6.54 Å². The Bertz CT molecular complexity index is 1010. The van der Waals surface area contributed by atoms with Crippen LogP contribution >= 0.6 is 23.2 Å². The summed E-state index contributed by atoms with van der Waals surface area (Å²) >= 11 is 12.1. The lowest BCUT2D eigenvalue weighted by molar-refractivity contribution is 0.0920. The van der Waals surface area contributed by atoms with Crippen molar-refractivity contribution in [2.24, 2.45) is 0 Å². The second-order valence-electron chi connectivity index (χ2n) is 7.38. The van der Waals surface area contributed by atoms with E-state index in [0.29, 0.717) is 23.9 Å². The summed E-state index contributed by atoms with van der Waals surface area (Å²) in [5.41, 5.74) is 1.99. The molecule has 1 N–H and O–H groups in total. The largest absolute Gasteiger partial charge is 0.485 e. The molecule has 0 aliphatic rings. The summed E-state index contributed by atoms with van der Waals surface area (Å²) in [6, 6.07) is 7.27. The molecule has 0 saturated carbocycles. The Kier molecular flexibility index (Phi) is 7.45. The quantitative estimate of drug-likeness (QED) is 0.430. The van der Waals surface area contributed by atoms with Gasteiger partial charge >= 0.3 is 0 Å². The van der Waals surface area contributed by atoms with Crippen LogP contribution in [-0.4, -0.2) is 22.2 Å². The number of aromatic nitrogens is 2. The first-order valence-electron chi connectivity index (χ1n) is 9.81. The van der Waals surface area contributed by atoms with Crippen molar-refractivity contribution in [3.8, 4) is 5.75 Å². The predicted octanol–water partition coefficient (Wildman–Crippen LogP) is 5.61. The minimum Gasteiger partial charge on any atom is -0.485 e. The summed E-state index contributed by atoms with van der Waals surface area (Å²) in [5.74, 6) is 1.62. The molecule has 0 bridgehead atoms. The Morgan fingerprint density at radius 3 is 2.80 bits per heavy atom. The second kappa shape index (κ2) is 10.0. The molecule has 0 radical (unpaired) electrons. The van der Waals surface area contributed by atoms with E-state index in [1.807, 2.05) is 19.1 Å². The van der Waals surface area contributed by atoms with Crippen LogP contribution in [0.5, 0.6) is 5.75 Å². The van der Waals surface area contributed by atoms with Crippen LogP contribution in [-0.2, 0) is 13.2 Å². The fourth-order valence-electron chi connectivity index (χ4n) is 2.96. The van der Waals surface area contributed by atoms with Crippen LogP contribution in [0.2, 0.25) is 10.0 Å². The van der Waals surface area contributed by atoms with Gasteiger partial charge in [-0.2, -0.15) is 5.10 Å². The van der Waals surface area contributed by atoms with Crippen LogP contribution in [0, 0.1) is 6.92 Å². The lowest BCUT2D eigenvalue weighted by Crippen LogP contribution is -2.24. The highest BCUT2D eigenvalue weighted by Gasteiger charge is 2.14. The van der Waals surface area contributed by atoms with E-state index in [0.717, 1.165) is 28.3 Å². The van der Waals surface area contributed by atoms with E-state index in [1.54, 1.807) is 29.2 Å². The zero-order chi connectivity index (χ0) is 21.7. The average Bonchev–Trinajstić information content (AvgIpc) is 3.34. The smallest absolute Gasteiger partial charge is 0.286 e. The van der Waals surface area contributed by atoms with E-state index >= 15 is 0 Å². The Balaban J connectivity index is 1.51. The number of hydrogen-bond acceptors (Lipinski definition) is 4. The van der Waals surface area contributed by atoms with E-state index in [-0.39, 0.29) is 24.2 Å². The highest BCUT2D eigenvalue weighted by atomic mass is 35.5. The molecule has 3 aromatic rings.